The van der Waals surface area contributed by atoms with Crippen molar-refractivity contribution >= 4 is 5.91 Å². The molecule has 1 amide bonds. The molecule has 30 heavy (non-hydrogen) atoms. The van der Waals surface area contributed by atoms with Crippen LogP contribution in [0.25, 0.3) is 5.69 Å². The van der Waals surface area contributed by atoms with Crippen molar-refractivity contribution in [2.45, 2.75) is 39.2 Å². The Balaban J connectivity index is 1.90. The first kappa shape index (κ1) is 22.3. The maximum Gasteiger partial charge on any atom is 0.276 e. The maximum atomic E-state index is 13.3. The first-order chi connectivity index (χ1) is 14.1. The highest BCUT2D eigenvalue weighted by molar-refractivity contribution is 5.78. The van der Waals surface area contributed by atoms with Crippen LogP contribution in [0.3, 0.4) is 0 Å². The standard InChI is InChI=1S/C22H32N4O4/c1-16-19(21(28)26(24(16)6)17-10-8-7-9-11-17)13-25(20(27)14-23(4)5)12-18-15-29-22(2,3)30-18/h7-11,18H,12-15H2,1-6H3/t18-/m0/s1. The molecule has 0 radical (unpaired) electrons. The van der Waals surface area contributed by atoms with Crippen LogP contribution < -0.4 is 5.56 Å². The van der Waals surface area contributed by atoms with Crippen molar-refractivity contribution in [3.05, 3.63) is 51.9 Å². The average Bonchev–Trinajstić information content (AvgIpc) is 3.12. The fourth-order valence-electron chi connectivity index (χ4n) is 3.72. The Morgan fingerprint density at radius 2 is 1.90 bits per heavy atom. The lowest BCUT2D eigenvalue weighted by Gasteiger charge is -2.27. The van der Waals surface area contributed by atoms with Crippen molar-refractivity contribution < 1.29 is 14.3 Å². The summed E-state index contributed by atoms with van der Waals surface area (Å²) in [6.07, 6.45) is -0.230. The SMILES string of the molecule is Cc1c(CN(C[C@H]2COC(C)(C)O2)C(=O)CN(C)C)c(=O)n(-c2ccccc2)n1C. The van der Waals surface area contributed by atoms with Crippen molar-refractivity contribution in [1.29, 1.82) is 0 Å². The predicted octanol–water partition coefficient (Wildman–Crippen LogP) is 1.53. The van der Waals surface area contributed by atoms with E-state index in [1.807, 2.05) is 81.8 Å². The third-order valence-electron chi connectivity index (χ3n) is 5.32. The molecular formula is C22H32N4O4. The van der Waals surface area contributed by atoms with E-state index >= 15 is 0 Å². The number of hydrogen-bond acceptors (Lipinski definition) is 5. The highest BCUT2D eigenvalue weighted by Crippen LogP contribution is 2.23. The molecule has 8 nitrogen and oxygen atoms in total. The van der Waals surface area contributed by atoms with E-state index in [1.165, 1.54) is 0 Å². The normalized spacial score (nSPS) is 18.2. The quantitative estimate of drug-likeness (QED) is 0.685. The lowest BCUT2D eigenvalue weighted by atomic mass is 10.2. The van der Waals surface area contributed by atoms with Gasteiger partial charge in [-0.05, 0) is 47.0 Å². The van der Waals surface area contributed by atoms with E-state index in [0.29, 0.717) is 18.7 Å². The van der Waals surface area contributed by atoms with Gasteiger partial charge in [0.2, 0.25) is 5.91 Å². The minimum atomic E-state index is -0.663. The third-order valence-corrected chi connectivity index (χ3v) is 5.32. The van der Waals surface area contributed by atoms with E-state index in [4.69, 9.17) is 9.47 Å². The van der Waals surface area contributed by atoms with Crippen LogP contribution in [0.1, 0.15) is 25.1 Å². The van der Waals surface area contributed by atoms with Gasteiger partial charge >= 0.3 is 0 Å². The molecule has 1 aliphatic rings. The van der Waals surface area contributed by atoms with Crippen molar-refractivity contribution in [1.82, 2.24) is 19.2 Å². The Bertz CT molecular complexity index is 946. The monoisotopic (exact) mass is 416 g/mol. The molecule has 0 spiro atoms. The van der Waals surface area contributed by atoms with Crippen molar-refractivity contribution in [3.63, 3.8) is 0 Å². The summed E-state index contributed by atoms with van der Waals surface area (Å²) in [4.78, 5) is 29.8. The zero-order valence-electron chi connectivity index (χ0n) is 18.7. The Morgan fingerprint density at radius 1 is 1.23 bits per heavy atom. The number of nitrogens with zero attached hydrogens (tertiary/aromatic N) is 4. The molecule has 8 heteroatoms. The lowest BCUT2D eigenvalue weighted by molar-refractivity contribution is -0.147. The molecular weight excluding hydrogens is 384 g/mol. The number of benzene rings is 1. The van der Waals surface area contributed by atoms with Crippen LogP contribution in [0.15, 0.2) is 35.1 Å². The fraction of sp³-hybridized carbons (Fsp3) is 0.545. The molecule has 1 aromatic heterocycles. The van der Waals surface area contributed by atoms with Gasteiger partial charge in [0.25, 0.3) is 5.56 Å². The molecule has 0 N–H and O–H groups in total. The second kappa shape index (κ2) is 8.75. The minimum absolute atomic E-state index is 0.0535. The topological polar surface area (TPSA) is 68.9 Å². The summed E-state index contributed by atoms with van der Waals surface area (Å²) in [7, 11) is 5.56. The molecule has 164 valence electrons. The van der Waals surface area contributed by atoms with Gasteiger partial charge < -0.3 is 19.3 Å². The number of likely N-dealkylation sites (N-methyl/N-ethyl adjacent to an activating group) is 1. The van der Waals surface area contributed by atoms with E-state index in [1.54, 1.807) is 9.58 Å². The summed E-state index contributed by atoms with van der Waals surface area (Å²) in [5.74, 6) is -0.717. The Hall–Kier alpha value is -2.42. The molecule has 0 aliphatic carbocycles. The van der Waals surface area contributed by atoms with Crippen molar-refractivity contribution in [2.24, 2.45) is 7.05 Å². The summed E-state index contributed by atoms with van der Waals surface area (Å²) in [6.45, 7) is 6.90. The summed E-state index contributed by atoms with van der Waals surface area (Å²) < 4.78 is 15.0. The number of hydrogen-bond donors (Lipinski definition) is 0. The summed E-state index contributed by atoms with van der Waals surface area (Å²) >= 11 is 0. The van der Waals surface area contributed by atoms with Gasteiger partial charge in [-0.2, -0.15) is 0 Å². The molecule has 2 heterocycles. The maximum absolute atomic E-state index is 13.3. The number of rotatable bonds is 7. The van der Waals surface area contributed by atoms with Crippen LogP contribution in [0.2, 0.25) is 0 Å². The fourth-order valence-corrected chi connectivity index (χ4v) is 3.72. The van der Waals surface area contributed by atoms with Crippen LogP contribution in [0, 0.1) is 6.92 Å². The van der Waals surface area contributed by atoms with Gasteiger partial charge in [-0.3, -0.25) is 14.3 Å². The van der Waals surface area contributed by atoms with Gasteiger partial charge in [-0.15, -0.1) is 0 Å². The van der Waals surface area contributed by atoms with Crippen LogP contribution >= 0.6 is 0 Å². The second-order valence-electron chi connectivity index (χ2n) is 8.50. The summed E-state index contributed by atoms with van der Waals surface area (Å²) in [6, 6.07) is 9.50. The zero-order valence-corrected chi connectivity index (χ0v) is 18.7. The van der Waals surface area contributed by atoms with Gasteiger partial charge in [-0.25, -0.2) is 4.68 Å². The van der Waals surface area contributed by atoms with Gasteiger partial charge in [0, 0.05) is 19.3 Å². The predicted molar refractivity (Wildman–Crippen MR) is 115 cm³/mol. The molecule has 3 rings (SSSR count). The molecule has 0 saturated carbocycles. The van der Waals surface area contributed by atoms with E-state index in [0.717, 1.165) is 11.4 Å². The van der Waals surface area contributed by atoms with Gasteiger partial charge in [-0.1, -0.05) is 18.2 Å². The van der Waals surface area contributed by atoms with E-state index < -0.39 is 5.79 Å². The highest BCUT2D eigenvalue weighted by atomic mass is 16.7. The number of amides is 1. The third kappa shape index (κ3) is 4.83. The Kier molecular flexibility index (Phi) is 6.50. The number of aromatic nitrogens is 2. The van der Waals surface area contributed by atoms with E-state index in [9.17, 15) is 9.59 Å². The molecule has 1 saturated heterocycles. The number of carbonyl (C=O) groups excluding carboxylic acids is 1. The van der Waals surface area contributed by atoms with Gasteiger partial charge in [0.15, 0.2) is 5.79 Å². The largest absolute Gasteiger partial charge is 0.348 e. The molecule has 1 fully saturated rings. The van der Waals surface area contributed by atoms with Crippen LogP contribution in [-0.4, -0.2) is 70.8 Å². The second-order valence-corrected chi connectivity index (χ2v) is 8.50. The van der Waals surface area contributed by atoms with Gasteiger partial charge in [0.1, 0.15) is 6.10 Å². The highest BCUT2D eigenvalue weighted by Gasteiger charge is 2.35. The number of carbonyl (C=O) groups is 1. The first-order valence-corrected chi connectivity index (χ1v) is 10.2. The van der Waals surface area contributed by atoms with Crippen molar-refractivity contribution in [2.75, 3.05) is 33.8 Å². The lowest BCUT2D eigenvalue weighted by Crippen LogP contribution is -2.43. The van der Waals surface area contributed by atoms with Crippen LogP contribution in [0.5, 0.6) is 0 Å². The van der Waals surface area contributed by atoms with E-state index in [-0.39, 0.29) is 30.7 Å². The Morgan fingerprint density at radius 3 is 2.47 bits per heavy atom. The molecule has 2 aromatic rings. The van der Waals surface area contributed by atoms with Crippen molar-refractivity contribution in [3.8, 4) is 5.69 Å². The summed E-state index contributed by atoms with van der Waals surface area (Å²) in [5.41, 5.74) is 2.11. The molecule has 0 bridgehead atoms. The first-order valence-electron chi connectivity index (χ1n) is 10.2. The molecule has 1 aliphatic heterocycles. The van der Waals surface area contributed by atoms with Crippen LogP contribution in [0.4, 0.5) is 0 Å². The van der Waals surface area contributed by atoms with Gasteiger partial charge in [0.05, 0.1) is 30.9 Å². The molecule has 1 atom stereocenters. The minimum Gasteiger partial charge on any atom is -0.348 e. The van der Waals surface area contributed by atoms with Crippen LogP contribution in [-0.2, 0) is 27.9 Å². The van der Waals surface area contributed by atoms with E-state index in [2.05, 4.69) is 0 Å². The number of ether oxygens (including phenoxy) is 2. The Labute approximate surface area is 177 Å². The zero-order chi connectivity index (χ0) is 22.1. The summed E-state index contributed by atoms with van der Waals surface area (Å²) in [5, 5.41) is 0. The molecule has 0 unspecified atom stereocenters. The smallest absolute Gasteiger partial charge is 0.276 e. The average molecular weight is 417 g/mol. The molecule has 1 aromatic carbocycles. The number of para-hydroxylation sites is 1.